The number of benzene rings is 3. The summed E-state index contributed by atoms with van der Waals surface area (Å²) >= 11 is 0. The van der Waals surface area contributed by atoms with Crippen LogP contribution in [0.1, 0.15) is 51.7 Å². The number of rotatable bonds is 14. The lowest BCUT2D eigenvalue weighted by Crippen LogP contribution is -2.53. The Labute approximate surface area is 244 Å². The van der Waals surface area contributed by atoms with Crippen LogP contribution >= 0.6 is 0 Å². The van der Waals surface area contributed by atoms with Gasteiger partial charge in [0.05, 0.1) is 17.7 Å². The zero-order valence-corrected chi connectivity index (χ0v) is 25.4. The van der Waals surface area contributed by atoms with Crippen LogP contribution in [-0.2, 0) is 32.6 Å². The van der Waals surface area contributed by atoms with E-state index in [1.54, 1.807) is 43.5 Å². The van der Waals surface area contributed by atoms with Crippen molar-refractivity contribution in [1.82, 2.24) is 10.2 Å². The maximum atomic E-state index is 14.2. The molecule has 0 saturated carbocycles. The molecule has 8 nitrogen and oxygen atoms in total. The molecule has 0 aliphatic carbocycles. The number of aryl methyl sites for hydroxylation is 1. The van der Waals surface area contributed by atoms with Crippen LogP contribution in [0.2, 0.25) is 0 Å². The van der Waals surface area contributed by atoms with Gasteiger partial charge in [-0.15, -0.1) is 0 Å². The average molecular weight is 580 g/mol. The van der Waals surface area contributed by atoms with Gasteiger partial charge in [0.15, 0.2) is 0 Å². The highest BCUT2D eigenvalue weighted by Gasteiger charge is 2.34. The third-order valence-corrected chi connectivity index (χ3v) is 8.90. The molecule has 41 heavy (non-hydrogen) atoms. The van der Waals surface area contributed by atoms with Gasteiger partial charge in [0.25, 0.3) is 10.0 Å². The Bertz CT molecular complexity index is 1410. The van der Waals surface area contributed by atoms with Crippen molar-refractivity contribution in [2.45, 2.75) is 70.5 Å². The summed E-state index contributed by atoms with van der Waals surface area (Å²) in [6.07, 6.45) is 1.67. The van der Waals surface area contributed by atoms with Crippen molar-refractivity contribution in [3.05, 3.63) is 90.0 Å². The number of nitrogens with zero attached hydrogens (tertiary/aromatic N) is 2. The molecule has 0 saturated heterocycles. The number of nitrogens with one attached hydrogen (secondary N) is 1. The van der Waals surface area contributed by atoms with Crippen LogP contribution in [0.5, 0.6) is 5.75 Å². The summed E-state index contributed by atoms with van der Waals surface area (Å²) in [6.45, 7) is 7.31. The number of hydrogen-bond donors (Lipinski definition) is 1. The lowest BCUT2D eigenvalue weighted by molar-refractivity contribution is -0.140. The third kappa shape index (κ3) is 7.88. The van der Waals surface area contributed by atoms with Crippen LogP contribution in [0, 0.1) is 0 Å². The Morgan fingerprint density at radius 2 is 1.59 bits per heavy atom. The number of anilines is 1. The van der Waals surface area contributed by atoms with Crippen molar-refractivity contribution in [1.29, 1.82) is 0 Å². The maximum Gasteiger partial charge on any atom is 0.264 e. The van der Waals surface area contributed by atoms with Gasteiger partial charge in [-0.1, -0.05) is 69.3 Å². The van der Waals surface area contributed by atoms with Gasteiger partial charge in [-0.05, 0) is 67.6 Å². The number of methoxy groups -OCH3 is 1. The summed E-state index contributed by atoms with van der Waals surface area (Å²) < 4.78 is 34.6. The van der Waals surface area contributed by atoms with Gasteiger partial charge in [-0.2, -0.15) is 0 Å². The van der Waals surface area contributed by atoms with Crippen LogP contribution in [0.15, 0.2) is 83.8 Å². The summed E-state index contributed by atoms with van der Waals surface area (Å²) in [5, 5.41) is 2.99. The SMILES string of the molecule is CCc1ccccc1N(CC(=O)N(Cc1cccc(OC)c1)[C@@H](CC)C(=O)N[C@H](C)CC)S(=O)(=O)c1ccccc1. The van der Waals surface area contributed by atoms with E-state index in [9.17, 15) is 18.0 Å². The van der Waals surface area contributed by atoms with E-state index >= 15 is 0 Å². The van der Waals surface area contributed by atoms with Crippen LogP contribution < -0.4 is 14.4 Å². The molecule has 0 bridgehead atoms. The Balaban J connectivity index is 2.09. The van der Waals surface area contributed by atoms with E-state index in [0.717, 1.165) is 17.5 Å². The highest BCUT2D eigenvalue weighted by Crippen LogP contribution is 2.28. The number of hydrogen-bond acceptors (Lipinski definition) is 5. The van der Waals surface area contributed by atoms with Crippen molar-refractivity contribution >= 4 is 27.5 Å². The predicted molar refractivity (Wildman–Crippen MR) is 162 cm³/mol. The molecular weight excluding hydrogens is 538 g/mol. The van der Waals surface area contributed by atoms with Crippen molar-refractivity contribution < 1.29 is 22.7 Å². The highest BCUT2D eigenvalue weighted by molar-refractivity contribution is 7.92. The molecule has 0 aromatic heterocycles. The summed E-state index contributed by atoms with van der Waals surface area (Å²) in [5.41, 5.74) is 1.99. The first-order valence-corrected chi connectivity index (χ1v) is 15.5. The van der Waals surface area contributed by atoms with E-state index in [2.05, 4.69) is 5.32 Å². The zero-order valence-electron chi connectivity index (χ0n) is 24.5. The van der Waals surface area contributed by atoms with Gasteiger partial charge in [0.1, 0.15) is 18.3 Å². The first kappa shape index (κ1) is 31.7. The second-order valence-electron chi connectivity index (χ2n) is 9.92. The van der Waals surface area contributed by atoms with Crippen molar-refractivity contribution in [3.8, 4) is 5.75 Å². The third-order valence-electron chi connectivity index (χ3n) is 7.13. The fourth-order valence-electron chi connectivity index (χ4n) is 4.61. The van der Waals surface area contributed by atoms with Crippen LogP contribution in [-0.4, -0.2) is 50.9 Å². The summed E-state index contributed by atoms with van der Waals surface area (Å²) in [5.74, 6) is -0.133. The smallest absolute Gasteiger partial charge is 0.264 e. The minimum absolute atomic E-state index is 0.0725. The van der Waals surface area contributed by atoms with E-state index in [1.807, 2.05) is 58.0 Å². The number of ether oxygens (including phenoxy) is 1. The number of amides is 2. The Kier molecular flexibility index (Phi) is 11.3. The maximum absolute atomic E-state index is 14.2. The number of carbonyl (C=O) groups excluding carboxylic acids is 2. The van der Waals surface area contributed by atoms with Gasteiger partial charge in [0.2, 0.25) is 11.8 Å². The molecule has 1 N–H and O–H groups in total. The Morgan fingerprint density at radius 1 is 0.902 bits per heavy atom. The number of para-hydroxylation sites is 1. The highest BCUT2D eigenvalue weighted by atomic mass is 32.2. The second kappa shape index (κ2) is 14.7. The molecule has 0 spiro atoms. The fraction of sp³-hybridized carbons (Fsp3) is 0.375. The standard InChI is InChI=1S/C32H41N3O5S/c1-6-24(4)33-32(37)29(8-3)34(22-25-15-14-17-27(21-25)40-5)31(36)23-35(30-20-13-12-16-26(30)7-2)41(38,39)28-18-10-9-11-19-28/h9-21,24,29H,6-8,22-23H2,1-5H3,(H,33,37)/t24-,29+/m1/s1. The van der Waals surface area contributed by atoms with E-state index in [4.69, 9.17) is 4.74 Å². The average Bonchev–Trinajstić information content (AvgIpc) is 2.99. The topological polar surface area (TPSA) is 96.0 Å². The van der Waals surface area contributed by atoms with Gasteiger partial charge in [-0.25, -0.2) is 8.42 Å². The summed E-state index contributed by atoms with van der Waals surface area (Å²) in [7, 11) is -2.55. The number of carbonyl (C=O) groups is 2. The summed E-state index contributed by atoms with van der Waals surface area (Å²) in [6, 6.07) is 21.7. The van der Waals surface area contributed by atoms with Gasteiger partial charge in [-0.3, -0.25) is 13.9 Å². The molecule has 220 valence electrons. The molecular formula is C32H41N3O5S. The van der Waals surface area contributed by atoms with Crippen LogP contribution in [0.25, 0.3) is 0 Å². The minimum atomic E-state index is -4.11. The molecule has 2 atom stereocenters. The molecule has 3 rings (SSSR count). The normalized spacial score (nSPS) is 12.7. The molecule has 9 heteroatoms. The Morgan fingerprint density at radius 3 is 2.22 bits per heavy atom. The van der Waals surface area contributed by atoms with Crippen molar-refractivity contribution in [2.24, 2.45) is 0 Å². The fourth-order valence-corrected chi connectivity index (χ4v) is 6.09. The zero-order chi connectivity index (χ0) is 30.0. The van der Waals surface area contributed by atoms with E-state index in [1.165, 1.54) is 21.3 Å². The lowest BCUT2D eigenvalue weighted by Gasteiger charge is -2.34. The molecule has 0 aliphatic heterocycles. The van der Waals surface area contributed by atoms with Gasteiger partial charge >= 0.3 is 0 Å². The molecule has 0 aliphatic rings. The monoisotopic (exact) mass is 579 g/mol. The van der Waals surface area contributed by atoms with Gasteiger partial charge < -0.3 is 15.0 Å². The van der Waals surface area contributed by atoms with Crippen molar-refractivity contribution in [3.63, 3.8) is 0 Å². The van der Waals surface area contributed by atoms with E-state index in [-0.39, 0.29) is 23.4 Å². The molecule has 0 radical (unpaired) electrons. The quantitative estimate of drug-likeness (QED) is 0.284. The number of sulfonamides is 1. The van der Waals surface area contributed by atoms with E-state index in [0.29, 0.717) is 24.3 Å². The van der Waals surface area contributed by atoms with E-state index < -0.39 is 28.5 Å². The first-order chi connectivity index (χ1) is 19.7. The van der Waals surface area contributed by atoms with Gasteiger partial charge in [0, 0.05) is 12.6 Å². The predicted octanol–water partition coefficient (Wildman–Crippen LogP) is 5.18. The minimum Gasteiger partial charge on any atom is -0.497 e. The van der Waals surface area contributed by atoms with Crippen LogP contribution in [0.4, 0.5) is 5.69 Å². The van der Waals surface area contributed by atoms with Crippen molar-refractivity contribution in [2.75, 3.05) is 18.0 Å². The molecule has 2 amide bonds. The molecule has 3 aromatic rings. The molecule has 0 unspecified atom stereocenters. The first-order valence-electron chi connectivity index (χ1n) is 14.0. The molecule has 0 heterocycles. The molecule has 3 aromatic carbocycles. The molecule has 0 fully saturated rings. The Hall–Kier alpha value is -3.85. The largest absolute Gasteiger partial charge is 0.497 e. The summed E-state index contributed by atoms with van der Waals surface area (Å²) in [4.78, 5) is 29.2. The van der Waals surface area contributed by atoms with Crippen LogP contribution in [0.3, 0.4) is 0 Å². The second-order valence-corrected chi connectivity index (χ2v) is 11.8. The lowest BCUT2D eigenvalue weighted by atomic mass is 10.1.